The van der Waals surface area contributed by atoms with E-state index in [4.69, 9.17) is 5.73 Å². The van der Waals surface area contributed by atoms with Gasteiger partial charge in [-0.3, -0.25) is 9.59 Å². The molecule has 1 atom stereocenters. The molecular weight excluding hydrogens is 431 g/mol. The second-order valence-electron chi connectivity index (χ2n) is 8.36. The quantitative estimate of drug-likeness (QED) is 0.477. The molecule has 0 aromatic carbocycles. The highest BCUT2D eigenvalue weighted by Gasteiger charge is 2.34. The second-order valence-corrected chi connectivity index (χ2v) is 8.36. The Morgan fingerprint density at radius 1 is 1.18 bits per heavy atom. The molecule has 1 fully saturated rings. The standard InChI is InChI=1S/C23H27FN4O5/c1-12(2)28-10-7-14(8-11-28)20(30)13(3)21(31)19-17(29)5-4-16(27-19)15-6-9-26-22(18(15)24)33-23(25)32/h4-6,9,12-14,29H,7-8,10-11H2,1-3H3,(H2,25,32). The average molecular weight is 458 g/mol. The van der Waals surface area contributed by atoms with Crippen LogP contribution >= 0.6 is 0 Å². The summed E-state index contributed by atoms with van der Waals surface area (Å²) < 4.78 is 19.3. The highest BCUT2D eigenvalue weighted by atomic mass is 19.1. The first-order valence-corrected chi connectivity index (χ1v) is 10.7. The van der Waals surface area contributed by atoms with Gasteiger partial charge in [-0.2, -0.15) is 0 Å². The van der Waals surface area contributed by atoms with Gasteiger partial charge >= 0.3 is 6.09 Å². The van der Waals surface area contributed by atoms with E-state index in [0.29, 0.717) is 18.9 Å². The number of Topliss-reactive ketones (excluding diaryl/α,β-unsaturated/α-hetero) is 2. The molecular formula is C23H27FN4O5. The van der Waals surface area contributed by atoms with Crippen LogP contribution in [0.2, 0.25) is 0 Å². The molecule has 1 saturated heterocycles. The van der Waals surface area contributed by atoms with E-state index < -0.39 is 35.2 Å². The van der Waals surface area contributed by atoms with Gasteiger partial charge in [0.1, 0.15) is 17.2 Å². The van der Waals surface area contributed by atoms with E-state index in [0.717, 1.165) is 13.1 Å². The van der Waals surface area contributed by atoms with Gasteiger partial charge in [0.15, 0.2) is 11.6 Å². The maximum Gasteiger partial charge on any atom is 0.411 e. The largest absolute Gasteiger partial charge is 0.506 e. The number of pyridine rings is 2. The number of nitrogens with two attached hydrogens (primary N) is 1. The molecule has 0 radical (unpaired) electrons. The van der Waals surface area contributed by atoms with E-state index in [9.17, 15) is 23.9 Å². The number of aromatic hydroxyl groups is 1. The third-order valence-electron chi connectivity index (χ3n) is 5.92. The first-order chi connectivity index (χ1) is 15.6. The predicted molar refractivity (Wildman–Crippen MR) is 117 cm³/mol. The minimum absolute atomic E-state index is 0.00439. The fourth-order valence-electron chi connectivity index (χ4n) is 3.96. The fraction of sp³-hybridized carbons (Fsp3) is 0.435. The van der Waals surface area contributed by atoms with Crippen molar-refractivity contribution in [2.45, 2.75) is 39.7 Å². The van der Waals surface area contributed by atoms with Crippen molar-refractivity contribution < 1.29 is 28.6 Å². The highest BCUT2D eigenvalue weighted by Crippen LogP contribution is 2.30. The highest BCUT2D eigenvalue weighted by molar-refractivity contribution is 6.11. The number of amides is 1. The first kappa shape index (κ1) is 24.2. The van der Waals surface area contributed by atoms with Crippen molar-refractivity contribution in [2.24, 2.45) is 17.6 Å². The SMILES string of the molecule is CC(C(=O)c1nc(-c2ccnc(OC(N)=O)c2F)ccc1O)C(=O)C1CCN(C(C)C)CC1. The zero-order valence-electron chi connectivity index (χ0n) is 18.7. The molecule has 3 rings (SSSR count). The van der Waals surface area contributed by atoms with Crippen molar-refractivity contribution in [2.75, 3.05) is 13.1 Å². The van der Waals surface area contributed by atoms with E-state index in [1.807, 2.05) is 0 Å². The first-order valence-electron chi connectivity index (χ1n) is 10.7. The van der Waals surface area contributed by atoms with E-state index in [1.165, 1.54) is 31.3 Å². The normalized spacial score (nSPS) is 15.9. The zero-order valence-corrected chi connectivity index (χ0v) is 18.7. The Hall–Kier alpha value is -3.40. The van der Waals surface area contributed by atoms with Crippen LogP contribution in [0.4, 0.5) is 9.18 Å². The average Bonchev–Trinajstić information content (AvgIpc) is 2.79. The molecule has 0 spiro atoms. The fourth-order valence-corrected chi connectivity index (χ4v) is 3.96. The number of primary amides is 1. The molecule has 10 heteroatoms. The van der Waals surface area contributed by atoms with Gasteiger partial charge < -0.3 is 20.5 Å². The van der Waals surface area contributed by atoms with Crippen LogP contribution in [0.5, 0.6) is 11.6 Å². The Bertz CT molecular complexity index is 1070. The Morgan fingerprint density at radius 3 is 2.45 bits per heavy atom. The Kier molecular flexibility index (Phi) is 7.37. The summed E-state index contributed by atoms with van der Waals surface area (Å²) in [5, 5.41) is 10.2. The predicted octanol–water partition coefficient (Wildman–Crippen LogP) is 2.95. The van der Waals surface area contributed by atoms with Crippen LogP contribution in [0.15, 0.2) is 24.4 Å². The number of hydrogen-bond acceptors (Lipinski definition) is 8. The lowest BCUT2D eigenvalue weighted by Crippen LogP contribution is -2.42. The molecule has 1 aliphatic rings. The van der Waals surface area contributed by atoms with Gasteiger partial charge in [0, 0.05) is 23.7 Å². The van der Waals surface area contributed by atoms with E-state index in [1.54, 1.807) is 0 Å². The summed E-state index contributed by atoms with van der Waals surface area (Å²) in [6, 6.07) is 4.16. The number of halogens is 1. The van der Waals surface area contributed by atoms with Gasteiger partial charge in [-0.05, 0) is 64.9 Å². The Labute approximate surface area is 190 Å². The Balaban J connectivity index is 1.83. The molecule has 33 heavy (non-hydrogen) atoms. The molecule has 0 saturated carbocycles. The zero-order chi connectivity index (χ0) is 24.3. The third kappa shape index (κ3) is 5.33. The summed E-state index contributed by atoms with van der Waals surface area (Å²) >= 11 is 0. The lowest BCUT2D eigenvalue weighted by molar-refractivity contribution is -0.126. The van der Waals surface area contributed by atoms with E-state index in [2.05, 4.69) is 33.5 Å². The number of hydrogen-bond donors (Lipinski definition) is 2. The van der Waals surface area contributed by atoms with Gasteiger partial charge in [0.2, 0.25) is 0 Å². The second kappa shape index (κ2) is 10.0. The minimum Gasteiger partial charge on any atom is -0.506 e. The monoisotopic (exact) mass is 458 g/mol. The van der Waals surface area contributed by atoms with Crippen molar-refractivity contribution in [3.05, 3.63) is 35.9 Å². The molecule has 176 valence electrons. The van der Waals surface area contributed by atoms with Crippen LogP contribution in [0.1, 0.15) is 44.1 Å². The van der Waals surface area contributed by atoms with Crippen molar-refractivity contribution in [3.8, 4) is 22.9 Å². The van der Waals surface area contributed by atoms with E-state index >= 15 is 0 Å². The molecule has 0 aliphatic carbocycles. The lowest BCUT2D eigenvalue weighted by Gasteiger charge is -2.34. The summed E-state index contributed by atoms with van der Waals surface area (Å²) in [6.45, 7) is 7.27. The number of aromatic nitrogens is 2. The van der Waals surface area contributed by atoms with Gasteiger partial charge in [0.05, 0.1) is 11.6 Å². The molecule has 1 amide bonds. The van der Waals surface area contributed by atoms with Crippen LogP contribution in [0.25, 0.3) is 11.3 Å². The number of ether oxygens (including phenoxy) is 1. The number of rotatable bonds is 7. The summed E-state index contributed by atoms with van der Waals surface area (Å²) in [5.74, 6) is -4.15. The van der Waals surface area contributed by atoms with Gasteiger partial charge in [-0.1, -0.05) is 0 Å². The van der Waals surface area contributed by atoms with Crippen molar-refractivity contribution >= 4 is 17.7 Å². The smallest absolute Gasteiger partial charge is 0.411 e. The van der Waals surface area contributed by atoms with Crippen LogP contribution in [-0.4, -0.2) is 56.8 Å². The van der Waals surface area contributed by atoms with Crippen LogP contribution in [0.3, 0.4) is 0 Å². The van der Waals surface area contributed by atoms with Crippen molar-refractivity contribution in [3.63, 3.8) is 0 Å². The number of carbonyl (C=O) groups is 3. The van der Waals surface area contributed by atoms with Crippen molar-refractivity contribution in [1.82, 2.24) is 14.9 Å². The number of carbonyl (C=O) groups excluding carboxylic acids is 3. The lowest BCUT2D eigenvalue weighted by atomic mass is 9.83. The van der Waals surface area contributed by atoms with Crippen LogP contribution in [0, 0.1) is 17.7 Å². The molecule has 2 aromatic heterocycles. The van der Waals surface area contributed by atoms with Gasteiger partial charge in [-0.15, -0.1) is 0 Å². The number of piperidine rings is 1. The number of nitrogens with zero attached hydrogens (tertiary/aromatic N) is 3. The van der Waals surface area contributed by atoms with E-state index in [-0.39, 0.29) is 28.7 Å². The van der Waals surface area contributed by atoms with Gasteiger partial charge in [-0.25, -0.2) is 19.2 Å². The number of likely N-dealkylation sites (tertiary alicyclic amines) is 1. The summed E-state index contributed by atoms with van der Waals surface area (Å²) in [4.78, 5) is 47.0. The van der Waals surface area contributed by atoms with Crippen LogP contribution in [-0.2, 0) is 4.79 Å². The van der Waals surface area contributed by atoms with Crippen molar-refractivity contribution in [1.29, 1.82) is 0 Å². The summed E-state index contributed by atoms with van der Waals surface area (Å²) in [7, 11) is 0. The topological polar surface area (TPSA) is 136 Å². The summed E-state index contributed by atoms with van der Waals surface area (Å²) in [5.41, 5.74) is 4.46. The number of ketones is 2. The minimum atomic E-state index is -1.24. The molecule has 1 aliphatic heterocycles. The molecule has 9 nitrogen and oxygen atoms in total. The molecule has 2 aromatic rings. The maximum absolute atomic E-state index is 14.7. The summed E-state index contributed by atoms with van der Waals surface area (Å²) in [6.07, 6.45) is 1.28. The maximum atomic E-state index is 14.7. The van der Waals surface area contributed by atoms with Gasteiger partial charge in [0.25, 0.3) is 5.88 Å². The molecule has 1 unspecified atom stereocenters. The Morgan fingerprint density at radius 2 is 1.85 bits per heavy atom. The van der Waals surface area contributed by atoms with Crippen LogP contribution < -0.4 is 10.5 Å². The molecule has 3 heterocycles. The third-order valence-corrected chi connectivity index (χ3v) is 5.92. The molecule has 0 bridgehead atoms. The molecule has 3 N–H and O–H groups in total.